The first kappa shape index (κ1) is 17.2. The molecule has 9 heteroatoms. The lowest BCUT2D eigenvalue weighted by atomic mass is 10.2. The van der Waals surface area contributed by atoms with Crippen molar-refractivity contribution in [3.05, 3.63) is 17.4 Å². The fourth-order valence-corrected chi connectivity index (χ4v) is 2.83. The van der Waals surface area contributed by atoms with Crippen LogP contribution < -0.4 is 0 Å². The zero-order valence-corrected chi connectivity index (χ0v) is 12.9. The van der Waals surface area contributed by atoms with E-state index in [1.54, 1.807) is 0 Å². The van der Waals surface area contributed by atoms with Gasteiger partial charge in [-0.15, -0.1) is 0 Å². The number of carbonyl (C=O) groups is 2. The zero-order chi connectivity index (χ0) is 16.4. The van der Waals surface area contributed by atoms with Gasteiger partial charge in [-0.05, 0) is 6.92 Å². The van der Waals surface area contributed by atoms with Crippen LogP contribution in [0, 0.1) is 12.8 Å². The summed E-state index contributed by atoms with van der Waals surface area (Å²) in [5.74, 6) is -2.58. The molecule has 0 fully saturated rings. The van der Waals surface area contributed by atoms with Gasteiger partial charge in [0.15, 0.2) is 0 Å². The molecule has 1 N–H and O–H groups in total. The maximum absolute atomic E-state index is 12.3. The Bertz CT molecular complexity index is 647. The number of hydrogen-bond acceptors (Lipinski definition) is 6. The second-order valence-electron chi connectivity index (χ2n) is 4.55. The minimum absolute atomic E-state index is 0.00996. The van der Waals surface area contributed by atoms with Crippen molar-refractivity contribution in [2.24, 2.45) is 5.92 Å². The van der Waals surface area contributed by atoms with Crippen molar-refractivity contribution >= 4 is 22.0 Å². The SMILES string of the molecule is COC(=O)c1cc(S(=O)(=O)N(C)CC(C)C(=O)O)oc1C. The summed E-state index contributed by atoms with van der Waals surface area (Å²) in [5, 5.41) is 8.38. The van der Waals surface area contributed by atoms with Crippen LogP contribution >= 0.6 is 0 Å². The molecule has 0 saturated carbocycles. The van der Waals surface area contributed by atoms with Gasteiger partial charge in [0.05, 0.1) is 13.0 Å². The molecule has 1 unspecified atom stereocenters. The van der Waals surface area contributed by atoms with Gasteiger partial charge in [0.25, 0.3) is 10.0 Å². The van der Waals surface area contributed by atoms with Crippen molar-refractivity contribution in [1.29, 1.82) is 0 Å². The lowest BCUT2D eigenvalue weighted by molar-refractivity contribution is -0.141. The zero-order valence-electron chi connectivity index (χ0n) is 12.1. The average Bonchev–Trinajstić information content (AvgIpc) is 2.80. The van der Waals surface area contributed by atoms with E-state index in [1.807, 2.05) is 0 Å². The number of hydrogen-bond donors (Lipinski definition) is 1. The first-order chi connectivity index (χ1) is 9.61. The van der Waals surface area contributed by atoms with Crippen molar-refractivity contribution in [1.82, 2.24) is 4.31 Å². The molecule has 21 heavy (non-hydrogen) atoms. The van der Waals surface area contributed by atoms with E-state index in [-0.39, 0.29) is 17.9 Å². The van der Waals surface area contributed by atoms with Crippen LogP contribution in [-0.4, -0.2) is 50.5 Å². The summed E-state index contributed by atoms with van der Waals surface area (Å²) >= 11 is 0. The number of esters is 1. The number of methoxy groups -OCH3 is 1. The second-order valence-corrected chi connectivity index (χ2v) is 6.53. The van der Waals surface area contributed by atoms with Crippen LogP contribution in [0.4, 0.5) is 0 Å². The fourth-order valence-electron chi connectivity index (χ4n) is 1.61. The Kier molecular flexibility index (Phi) is 5.13. The van der Waals surface area contributed by atoms with Crippen molar-refractivity contribution in [2.75, 3.05) is 20.7 Å². The maximum atomic E-state index is 12.3. The molecule has 118 valence electrons. The molecule has 0 aliphatic heterocycles. The molecule has 0 saturated heterocycles. The number of aliphatic carboxylic acids is 1. The molecule has 1 atom stereocenters. The number of furan rings is 1. The molecule has 0 aliphatic carbocycles. The van der Waals surface area contributed by atoms with Crippen LogP contribution in [-0.2, 0) is 19.6 Å². The molecule has 0 radical (unpaired) electrons. The van der Waals surface area contributed by atoms with Crippen LogP contribution in [0.25, 0.3) is 0 Å². The number of nitrogens with zero attached hydrogens (tertiary/aromatic N) is 1. The Labute approximate surface area is 122 Å². The van der Waals surface area contributed by atoms with Crippen LogP contribution in [0.3, 0.4) is 0 Å². The highest BCUT2D eigenvalue weighted by atomic mass is 32.2. The molecular weight excluding hydrogens is 302 g/mol. The molecule has 0 aliphatic rings. The Morgan fingerprint density at radius 3 is 2.52 bits per heavy atom. The highest BCUT2D eigenvalue weighted by Gasteiger charge is 2.30. The van der Waals surface area contributed by atoms with Gasteiger partial charge >= 0.3 is 11.9 Å². The van der Waals surface area contributed by atoms with Gasteiger partial charge < -0.3 is 14.3 Å². The minimum atomic E-state index is -4.02. The van der Waals surface area contributed by atoms with Crippen LogP contribution in [0.2, 0.25) is 0 Å². The van der Waals surface area contributed by atoms with Crippen LogP contribution in [0.1, 0.15) is 23.0 Å². The van der Waals surface area contributed by atoms with Crippen molar-refractivity contribution in [2.45, 2.75) is 18.9 Å². The molecule has 0 aromatic carbocycles. The number of ether oxygens (including phenoxy) is 1. The molecule has 0 spiro atoms. The van der Waals surface area contributed by atoms with Gasteiger partial charge in [-0.25, -0.2) is 13.2 Å². The van der Waals surface area contributed by atoms with Gasteiger partial charge in [-0.2, -0.15) is 4.31 Å². The summed E-state index contributed by atoms with van der Waals surface area (Å²) in [4.78, 5) is 22.2. The third-order valence-electron chi connectivity index (χ3n) is 2.92. The van der Waals surface area contributed by atoms with E-state index in [0.717, 1.165) is 10.4 Å². The number of carboxylic acid groups (broad SMARTS) is 1. The molecule has 1 heterocycles. The molecule has 1 aromatic heterocycles. The third kappa shape index (κ3) is 3.61. The molecule has 1 aromatic rings. The summed E-state index contributed by atoms with van der Waals surface area (Å²) in [6, 6.07) is 1.07. The number of rotatable bonds is 6. The van der Waals surface area contributed by atoms with Crippen LogP contribution in [0.5, 0.6) is 0 Å². The lowest BCUT2D eigenvalue weighted by Crippen LogP contribution is -2.33. The first-order valence-corrected chi connectivity index (χ1v) is 7.43. The van der Waals surface area contributed by atoms with E-state index in [2.05, 4.69) is 4.74 Å². The normalized spacial score (nSPS) is 13.2. The first-order valence-electron chi connectivity index (χ1n) is 5.99. The largest absolute Gasteiger partial charge is 0.481 e. The van der Waals surface area contributed by atoms with Gasteiger partial charge in [0.2, 0.25) is 5.09 Å². The molecule has 1 rings (SSSR count). The van der Waals surface area contributed by atoms with Crippen molar-refractivity contribution in [3.8, 4) is 0 Å². The van der Waals surface area contributed by atoms with Gasteiger partial charge in [-0.3, -0.25) is 4.79 Å². The molecular formula is C12H17NO7S. The van der Waals surface area contributed by atoms with Gasteiger partial charge in [-0.1, -0.05) is 6.92 Å². The summed E-state index contributed by atoms with van der Waals surface area (Å²) in [6.07, 6.45) is 0. The number of carboxylic acids is 1. The number of carbonyl (C=O) groups excluding carboxylic acids is 1. The van der Waals surface area contributed by atoms with Crippen molar-refractivity contribution < 1.29 is 32.3 Å². The van der Waals surface area contributed by atoms with Gasteiger partial charge in [0.1, 0.15) is 11.3 Å². The topological polar surface area (TPSA) is 114 Å². The highest BCUT2D eigenvalue weighted by Crippen LogP contribution is 2.23. The van der Waals surface area contributed by atoms with Gasteiger partial charge in [0, 0.05) is 19.7 Å². The Hall–Kier alpha value is -1.87. The Morgan fingerprint density at radius 1 is 1.48 bits per heavy atom. The molecule has 0 bridgehead atoms. The lowest BCUT2D eigenvalue weighted by Gasteiger charge is -2.17. The van der Waals surface area contributed by atoms with Crippen LogP contribution in [0.15, 0.2) is 15.6 Å². The van der Waals surface area contributed by atoms with E-state index < -0.39 is 33.0 Å². The molecule has 0 amide bonds. The summed E-state index contributed by atoms with van der Waals surface area (Å²) in [5.41, 5.74) is 0.00996. The maximum Gasteiger partial charge on any atom is 0.341 e. The summed E-state index contributed by atoms with van der Waals surface area (Å²) in [7, 11) is -1.60. The predicted octanol–water partition coefficient (Wildman–Crippen LogP) is 0.716. The monoisotopic (exact) mass is 319 g/mol. The molecule has 8 nitrogen and oxygen atoms in total. The van der Waals surface area contributed by atoms with E-state index in [1.165, 1.54) is 28.0 Å². The summed E-state index contributed by atoms with van der Waals surface area (Å²) < 4.78 is 35.0. The predicted molar refractivity (Wildman–Crippen MR) is 71.4 cm³/mol. The minimum Gasteiger partial charge on any atom is -0.481 e. The van der Waals surface area contributed by atoms with E-state index in [0.29, 0.717) is 0 Å². The van der Waals surface area contributed by atoms with Crippen molar-refractivity contribution in [3.63, 3.8) is 0 Å². The fraction of sp³-hybridized carbons (Fsp3) is 0.500. The Morgan fingerprint density at radius 2 is 2.05 bits per heavy atom. The van der Waals surface area contributed by atoms with E-state index >= 15 is 0 Å². The van der Waals surface area contributed by atoms with E-state index in [9.17, 15) is 18.0 Å². The summed E-state index contributed by atoms with van der Waals surface area (Å²) in [6.45, 7) is 2.61. The number of aryl methyl sites for hydroxylation is 1. The standard InChI is InChI=1S/C12H17NO7S/c1-7(11(14)15)6-13(3)21(17,18)10-5-9(8(2)20-10)12(16)19-4/h5,7H,6H2,1-4H3,(H,14,15). The highest BCUT2D eigenvalue weighted by molar-refractivity contribution is 7.89. The van der Waals surface area contributed by atoms with E-state index in [4.69, 9.17) is 9.52 Å². The second kappa shape index (κ2) is 6.27. The Balaban J connectivity index is 3.08. The quantitative estimate of drug-likeness (QED) is 0.768. The smallest absolute Gasteiger partial charge is 0.341 e. The third-order valence-corrected chi connectivity index (χ3v) is 4.60. The number of sulfonamides is 1. The average molecular weight is 319 g/mol.